The van der Waals surface area contributed by atoms with Gasteiger partial charge in [-0.1, -0.05) is 13.8 Å². The standard InChI is InChI=1S/C13H25NO3/c1-9(2)10-7-6-8-14(10)11(15)12(16)17-13(3,4)5/h9-11,15H,6-8H2,1-5H3/t10-,11?/m0/s1. The Labute approximate surface area is 104 Å². The van der Waals surface area contributed by atoms with Gasteiger partial charge in [-0.15, -0.1) is 0 Å². The van der Waals surface area contributed by atoms with Crippen molar-refractivity contribution in [2.75, 3.05) is 6.54 Å². The van der Waals surface area contributed by atoms with Crippen LogP contribution in [0.1, 0.15) is 47.5 Å². The maximum Gasteiger partial charge on any atom is 0.351 e. The maximum absolute atomic E-state index is 11.8. The van der Waals surface area contributed by atoms with Crippen LogP contribution >= 0.6 is 0 Å². The van der Waals surface area contributed by atoms with Crippen LogP contribution in [-0.2, 0) is 9.53 Å². The van der Waals surface area contributed by atoms with E-state index in [1.165, 1.54) is 0 Å². The quantitative estimate of drug-likeness (QED) is 0.767. The number of carbonyl (C=O) groups is 1. The summed E-state index contributed by atoms with van der Waals surface area (Å²) in [5.41, 5.74) is -0.550. The number of carbonyl (C=O) groups excluding carboxylic acids is 1. The number of hydrogen-bond donors (Lipinski definition) is 1. The van der Waals surface area contributed by atoms with Crippen LogP contribution in [0.2, 0.25) is 0 Å². The van der Waals surface area contributed by atoms with Crippen LogP contribution in [0.4, 0.5) is 0 Å². The van der Waals surface area contributed by atoms with Crippen LogP contribution in [0, 0.1) is 5.92 Å². The van der Waals surface area contributed by atoms with Crippen molar-refractivity contribution in [3.05, 3.63) is 0 Å². The summed E-state index contributed by atoms with van der Waals surface area (Å²) in [7, 11) is 0. The fraction of sp³-hybridized carbons (Fsp3) is 0.923. The first kappa shape index (κ1) is 14.5. The van der Waals surface area contributed by atoms with E-state index in [0.717, 1.165) is 19.4 Å². The van der Waals surface area contributed by atoms with Crippen molar-refractivity contribution < 1.29 is 14.6 Å². The molecule has 0 saturated carbocycles. The Morgan fingerprint density at radius 3 is 2.47 bits per heavy atom. The van der Waals surface area contributed by atoms with Gasteiger partial charge in [0, 0.05) is 12.6 Å². The van der Waals surface area contributed by atoms with E-state index in [2.05, 4.69) is 13.8 Å². The van der Waals surface area contributed by atoms with Gasteiger partial charge >= 0.3 is 5.97 Å². The molecule has 2 atom stereocenters. The first-order chi connectivity index (χ1) is 7.72. The molecule has 1 aliphatic heterocycles. The zero-order chi connectivity index (χ0) is 13.2. The van der Waals surface area contributed by atoms with Gasteiger partial charge in [-0.2, -0.15) is 0 Å². The zero-order valence-corrected chi connectivity index (χ0v) is 11.6. The molecule has 17 heavy (non-hydrogen) atoms. The molecule has 1 unspecified atom stereocenters. The number of aliphatic hydroxyl groups excluding tert-OH is 1. The Bertz CT molecular complexity index is 270. The van der Waals surface area contributed by atoms with Gasteiger partial charge < -0.3 is 9.84 Å². The zero-order valence-electron chi connectivity index (χ0n) is 11.6. The van der Waals surface area contributed by atoms with Crippen molar-refractivity contribution in [2.24, 2.45) is 5.92 Å². The van der Waals surface area contributed by atoms with E-state index >= 15 is 0 Å². The van der Waals surface area contributed by atoms with Crippen molar-refractivity contribution in [3.8, 4) is 0 Å². The second kappa shape index (κ2) is 5.36. The molecule has 0 bridgehead atoms. The second-order valence-corrected chi connectivity index (χ2v) is 6.10. The van der Waals surface area contributed by atoms with Crippen LogP contribution < -0.4 is 0 Å². The van der Waals surface area contributed by atoms with Crippen LogP contribution in [-0.4, -0.2) is 40.4 Å². The molecule has 4 heteroatoms. The lowest BCUT2D eigenvalue weighted by Gasteiger charge is -2.32. The maximum atomic E-state index is 11.8. The lowest BCUT2D eigenvalue weighted by molar-refractivity contribution is -0.177. The summed E-state index contributed by atoms with van der Waals surface area (Å²) in [6.07, 6.45) is 0.948. The third-order valence-electron chi connectivity index (χ3n) is 3.04. The number of hydrogen-bond acceptors (Lipinski definition) is 4. The molecule has 0 radical (unpaired) electrons. The van der Waals surface area contributed by atoms with Gasteiger partial charge in [-0.3, -0.25) is 4.90 Å². The largest absolute Gasteiger partial charge is 0.457 e. The SMILES string of the molecule is CC(C)[C@@H]1CCCN1C(O)C(=O)OC(C)(C)C. The molecule has 1 heterocycles. The monoisotopic (exact) mass is 243 g/mol. The van der Waals surface area contributed by atoms with Gasteiger partial charge in [0.25, 0.3) is 0 Å². The van der Waals surface area contributed by atoms with Gasteiger partial charge in [0.05, 0.1) is 0 Å². The van der Waals surface area contributed by atoms with Gasteiger partial charge in [-0.05, 0) is 39.5 Å². The highest BCUT2D eigenvalue weighted by Crippen LogP contribution is 2.26. The Hall–Kier alpha value is -0.610. The Kier molecular flexibility index (Phi) is 4.55. The summed E-state index contributed by atoms with van der Waals surface area (Å²) in [5, 5.41) is 10.1. The molecule has 1 saturated heterocycles. The lowest BCUT2D eigenvalue weighted by Crippen LogP contribution is -2.48. The molecule has 0 aliphatic carbocycles. The minimum absolute atomic E-state index is 0.275. The minimum atomic E-state index is -1.12. The summed E-state index contributed by atoms with van der Waals surface area (Å²) < 4.78 is 5.21. The number of likely N-dealkylation sites (tertiary alicyclic amines) is 1. The predicted octanol–water partition coefficient (Wildman–Crippen LogP) is 1.77. The first-order valence-corrected chi connectivity index (χ1v) is 6.39. The minimum Gasteiger partial charge on any atom is -0.457 e. The molecule has 1 rings (SSSR count). The number of ether oxygens (including phenoxy) is 1. The third-order valence-corrected chi connectivity index (χ3v) is 3.04. The van der Waals surface area contributed by atoms with Crippen molar-refractivity contribution in [1.29, 1.82) is 0 Å². The molecule has 100 valence electrons. The van der Waals surface area contributed by atoms with Crippen molar-refractivity contribution in [2.45, 2.75) is 65.3 Å². The van der Waals surface area contributed by atoms with Gasteiger partial charge in [0.2, 0.25) is 6.23 Å². The smallest absolute Gasteiger partial charge is 0.351 e. The Balaban J connectivity index is 2.63. The van der Waals surface area contributed by atoms with Gasteiger partial charge in [0.1, 0.15) is 5.60 Å². The lowest BCUT2D eigenvalue weighted by atomic mass is 10.0. The van der Waals surface area contributed by atoms with E-state index in [-0.39, 0.29) is 6.04 Å². The first-order valence-electron chi connectivity index (χ1n) is 6.39. The summed E-state index contributed by atoms with van der Waals surface area (Å²) in [5.74, 6) is -0.0976. The molecule has 4 nitrogen and oxygen atoms in total. The molecule has 0 aromatic heterocycles. The highest BCUT2D eigenvalue weighted by atomic mass is 16.6. The van der Waals surface area contributed by atoms with Crippen LogP contribution in [0.25, 0.3) is 0 Å². The van der Waals surface area contributed by atoms with Crippen LogP contribution in [0.3, 0.4) is 0 Å². The van der Waals surface area contributed by atoms with Crippen LogP contribution in [0.5, 0.6) is 0 Å². The van der Waals surface area contributed by atoms with E-state index in [0.29, 0.717) is 5.92 Å². The molecule has 0 spiro atoms. The number of aliphatic hydroxyl groups is 1. The fourth-order valence-corrected chi connectivity index (χ4v) is 2.32. The summed E-state index contributed by atoms with van der Waals surface area (Å²) >= 11 is 0. The van der Waals surface area contributed by atoms with E-state index < -0.39 is 17.8 Å². The average molecular weight is 243 g/mol. The predicted molar refractivity (Wildman–Crippen MR) is 66.4 cm³/mol. The third kappa shape index (κ3) is 3.96. The van der Waals surface area contributed by atoms with E-state index in [9.17, 15) is 9.90 Å². The van der Waals surface area contributed by atoms with E-state index in [1.54, 1.807) is 0 Å². The molecule has 1 N–H and O–H groups in total. The number of esters is 1. The molecular formula is C13H25NO3. The summed E-state index contributed by atoms with van der Waals surface area (Å²) in [6, 6.07) is 0.275. The Morgan fingerprint density at radius 2 is 2.00 bits per heavy atom. The number of nitrogens with zero attached hydrogens (tertiary/aromatic N) is 1. The van der Waals surface area contributed by atoms with E-state index in [1.807, 2.05) is 25.7 Å². The molecule has 0 aromatic carbocycles. The number of rotatable bonds is 3. The van der Waals surface area contributed by atoms with E-state index in [4.69, 9.17) is 4.74 Å². The van der Waals surface area contributed by atoms with Crippen LogP contribution in [0.15, 0.2) is 0 Å². The summed E-state index contributed by atoms with van der Waals surface area (Å²) in [4.78, 5) is 13.7. The summed E-state index contributed by atoms with van der Waals surface area (Å²) in [6.45, 7) is 10.4. The highest BCUT2D eigenvalue weighted by molar-refractivity contribution is 5.74. The normalized spacial score (nSPS) is 24.1. The molecule has 1 aliphatic rings. The van der Waals surface area contributed by atoms with Gasteiger partial charge in [-0.25, -0.2) is 4.79 Å². The molecular weight excluding hydrogens is 218 g/mol. The Morgan fingerprint density at radius 1 is 1.41 bits per heavy atom. The average Bonchev–Trinajstić information content (AvgIpc) is 2.61. The molecule has 1 fully saturated rings. The highest BCUT2D eigenvalue weighted by Gasteiger charge is 2.36. The van der Waals surface area contributed by atoms with Crippen molar-refractivity contribution in [1.82, 2.24) is 4.90 Å². The molecule has 0 amide bonds. The van der Waals surface area contributed by atoms with Crippen molar-refractivity contribution in [3.63, 3.8) is 0 Å². The van der Waals surface area contributed by atoms with Crippen molar-refractivity contribution >= 4 is 5.97 Å². The van der Waals surface area contributed by atoms with Gasteiger partial charge in [0.15, 0.2) is 0 Å². The fourth-order valence-electron chi connectivity index (χ4n) is 2.32. The second-order valence-electron chi connectivity index (χ2n) is 6.10. The molecule has 0 aromatic rings. The topological polar surface area (TPSA) is 49.8 Å².